The lowest BCUT2D eigenvalue weighted by molar-refractivity contribution is 0.102. The Labute approximate surface area is 162 Å². The zero-order valence-corrected chi connectivity index (χ0v) is 15.2. The minimum atomic E-state index is -0.410. The van der Waals surface area contributed by atoms with Gasteiger partial charge in [-0.3, -0.25) is 10.1 Å². The molecule has 0 unspecified atom stereocenters. The van der Waals surface area contributed by atoms with Crippen LogP contribution in [-0.2, 0) is 0 Å². The number of pyridine rings is 1. The van der Waals surface area contributed by atoms with Gasteiger partial charge in [-0.2, -0.15) is 0 Å². The Morgan fingerprint density at radius 1 is 1.11 bits per heavy atom. The summed E-state index contributed by atoms with van der Waals surface area (Å²) in [7, 11) is 0. The highest BCUT2D eigenvalue weighted by Crippen LogP contribution is 2.35. The maximum atomic E-state index is 13.3. The van der Waals surface area contributed by atoms with Crippen molar-refractivity contribution in [2.75, 3.05) is 18.5 Å². The predicted octanol–water partition coefficient (Wildman–Crippen LogP) is 3.62. The third-order valence-electron chi connectivity index (χ3n) is 4.21. The Balaban J connectivity index is 1.36. The highest BCUT2D eigenvalue weighted by molar-refractivity contribution is 7.14. The molecule has 0 bridgehead atoms. The van der Waals surface area contributed by atoms with Crippen LogP contribution in [-0.4, -0.2) is 33.5 Å². The van der Waals surface area contributed by atoms with Crippen LogP contribution in [0.25, 0.3) is 16.9 Å². The van der Waals surface area contributed by atoms with E-state index in [-0.39, 0.29) is 5.69 Å². The number of amides is 1. The topological polar surface area (TPSA) is 77.8 Å². The van der Waals surface area contributed by atoms with Crippen molar-refractivity contribution in [1.82, 2.24) is 14.4 Å². The van der Waals surface area contributed by atoms with Crippen LogP contribution in [0.3, 0.4) is 0 Å². The number of aromatic nitrogens is 3. The quantitative estimate of drug-likeness (QED) is 0.572. The Morgan fingerprint density at radius 2 is 1.96 bits per heavy atom. The van der Waals surface area contributed by atoms with Crippen LogP contribution >= 0.6 is 11.3 Å². The first-order valence-electron chi connectivity index (χ1n) is 8.47. The molecule has 0 saturated carbocycles. The maximum absolute atomic E-state index is 13.3. The van der Waals surface area contributed by atoms with Gasteiger partial charge in [0.15, 0.2) is 16.6 Å². The van der Waals surface area contributed by atoms with E-state index in [9.17, 15) is 9.18 Å². The molecule has 0 atom stereocenters. The number of nitrogens with one attached hydrogen (secondary N) is 1. The van der Waals surface area contributed by atoms with Crippen molar-refractivity contribution in [3.63, 3.8) is 0 Å². The standard InChI is InChI=1S/C19H13FN4O3S/c20-12-2-4-17-21-13(9-24(17)8-12)18(25)23-19-22-14(10-28-19)11-1-3-15-16(7-11)27-6-5-26-15/h1-4,7-10H,5-6H2,(H,22,23,25). The third-order valence-corrected chi connectivity index (χ3v) is 4.97. The van der Waals surface area contributed by atoms with Crippen molar-refractivity contribution in [1.29, 1.82) is 0 Å². The van der Waals surface area contributed by atoms with Gasteiger partial charge in [0.1, 0.15) is 30.4 Å². The summed E-state index contributed by atoms with van der Waals surface area (Å²) in [5, 5.41) is 5.02. The largest absolute Gasteiger partial charge is 0.486 e. The number of anilines is 1. The number of halogens is 1. The van der Waals surface area contributed by atoms with Crippen LogP contribution in [0.2, 0.25) is 0 Å². The van der Waals surface area contributed by atoms with E-state index < -0.39 is 11.7 Å². The smallest absolute Gasteiger partial charge is 0.277 e. The maximum Gasteiger partial charge on any atom is 0.277 e. The molecule has 4 heterocycles. The van der Waals surface area contributed by atoms with Crippen LogP contribution in [0.15, 0.2) is 48.1 Å². The fourth-order valence-electron chi connectivity index (χ4n) is 2.90. The lowest BCUT2D eigenvalue weighted by atomic mass is 10.1. The third kappa shape index (κ3) is 3.05. The van der Waals surface area contributed by atoms with E-state index in [4.69, 9.17) is 9.47 Å². The van der Waals surface area contributed by atoms with Gasteiger partial charge in [-0.15, -0.1) is 11.3 Å². The van der Waals surface area contributed by atoms with Crippen LogP contribution in [0.5, 0.6) is 11.5 Å². The number of carbonyl (C=O) groups excluding carboxylic acids is 1. The SMILES string of the molecule is O=C(Nc1nc(-c2ccc3c(c2)OCCO3)cs1)c1cn2cc(F)ccc2n1. The molecule has 1 amide bonds. The molecule has 0 radical (unpaired) electrons. The van der Waals surface area contributed by atoms with Gasteiger partial charge in [-0.25, -0.2) is 14.4 Å². The van der Waals surface area contributed by atoms with Crippen molar-refractivity contribution in [2.45, 2.75) is 0 Å². The van der Waals surface area contributed by atoms with Crippen molar-refractivity contribution in [3.05, 3.63) is 59.6 Å². The first-order chi connectivity index (χ1) is 13.7. The molecular formula is C19H13FN4O3S. The van der Waals surface area contributed by atoms with E-state index in [2.05, 4.69) is 15.3 Å². The zero-order valence-electron chi connectivity index (χ0n) is 14.4. The summed E-state index contributed by atoms with van der Waals surface area (Å²) in [6.45, 7) is 1.05. The summed E-state index contributed by atoms with van der Waals surface area (Å²) in [6.07, 6.45) is 2.74. The molecule has 3 aromatic heterocycles. The average molecular weight is 396 g/mol. The summed E-state index contributed by atoms with van der Waals surface area (Å²) in [5.74, 6) is 0.578. The second-order valence-electron chi connectivity index (χ2n) is 6.09. The fraction of sp³-hybridized carbons (Fsp3) is 0.105. The van der Waals surface area contributed by atoms with Crippen molar-refractivity contribution < 1.29 is 18.7 Å². The number of thiazole rings is 1. The van der Waals surface area contributed by atoms with E-state index in [0.29, 0.717) is 41.2 Å². The summed E-state index contributed by atoms with van der Waals surface area (Å²) in [5.41, 5.74) is 2.25. The zero-order chi connectivity index (χ0) is 19.1. The van der Waals surface area contributed by atoms with Gasteiger partial charge in [-0.1, -0.05) is 0 Å². The number of carbonyl (C=O) groups is 1. The molecule has 28 heavy (non-hydrogen) atoms. The molecule has 1 aromatic carbocycles. The summed E-state index contributed by atoms with van der Waals surface area (Å²) in [6, 6.07) is 8.41. The van der Waals surface area contributed by atoms with E-state index in [1.165, 1.54) is 40.3 Å². The Morgan fingerprint density at radius 3 is 2.86 bits per heavy atom. The molecule has 1 aliphatic rings. The highest BCUT2D eigenvalue weighted by atomic mass is 32.1. The van der Waals surface area contributed by atoms with Gasteiger partial charge in [0.05, 0.1) is 5.69 Å². The second-order valence-corrected chi connectivity index (χ2v) is 6.95. The predicted molar refractivity (Wildman–Crippen MR) is 102 cm³/mol. The van der Waals surface area contributed by atoms with Crippen molar-refractivity contribution in [2.24, 2.45) is 0 Å². The number of nitrogens with zero attached hydrogens (tertiary/aromatic N) is 3. The molecule has 1 aliphatic heterocycles. The number of imidazole rings is 1. The Bertz CT molecular complexity index is 1200. The van der Waals surface area contributed by atoms with Gasteiger partial charge < -0.3 is 13.9 Å². The van der Waals surface area contributed by atoms with E-state index in [1.54, 1.807) is 0 Å². The molecule has 4 aromatic rings. The second kappa shape index (κ2) is 6.61. The first-order valence-corrected chi connectivity index (χ1v) is 9.35. The van der Waals surface area contributed by atoms with E-state index in [0.717, 1.165) is 5.56 Å². The number of hydrogen-bond donors (Lipinski definition) is 1. The van der Waals surface area contributed by atoms with Crippen molar-refractivity contribution in [3.8, 4) is 22.8 Å². The molecule has 9 heteroatoms. The first kappa shape index (κ1) is 16.7. The lowest BCUT2D eigenvalue weighted by Crippen LogP contribution is -2.15. The minimum Gasteiger partial charge on any atom is -0.486 e. The van der Waals surface area contributed by atoms with Gasteiger partial charge in [-0.05, 0) is 30.3 Å². The molecular weight excluding hydrogens is 383 g/mol. The average Bonchev–Trinajstić information content (AvgIpc) is 3.34. The van der Waals surface area contributed by atoms with Gasteiger partial charge in [0.25, 0.3) is 5.91 Å². The lowest BCUT2D eigenvalue weighted by Gasteiger charge is -2.18. The van der Waals surface area contributed by atoms with Gasteiger partial charge in [0.2, 0.25) is 0 Å². The molecule has 140 valence electrons. The van der Waals surface area contributed by atoms with Gasteiger partial charge in [0, 0.05) is 23.3 Å². The number of hydrogen-bond acceptors (Lipinski definition) is 6. The van der Waals surface area contributed by atoms with Gasteiger partial charge >= 0.3 is 0 Å². The molecule has 5 rings (SSSR count). The Hall–Kier alpha value is -3.46. The molecule has 1 N–H and O–H groups in total. The van der Waals surface area contributed by atoms with Crippen LogP contribution in [0.1, 0.15) is 10.5 Å². The monoisotopic (exact) mass is 396 g/mol. The minimum absolute atomic E-state index is 0.182. The van der Waals surface area contributed by atoms with Crippen LogP contribution in [0.4, 0.5) is 9.52 Å². The van der Waals surface area contributed by atoms with Crippen LogP contribution in [0, 0.1) is 5.82 Å². The summed E-state index contributed by atoms with van der Waals surface area (Å²) >= 11 is 1.30. The summed E-state index contributed by atoms with van der Waals surface area (Å²) in [4.78, 5) is 21.1. The number of rotatable bonds is 3. The normalized spacial score (nSPS) is 12.9. The molecule has 0 aliphatic carbocycles. The highest BCUT2D eigenvalue weighted by Gasteiger charge is 2.16. The van der Waals surface area contributed by atoms with Crippen LogP contribution < -0.4 is 14.8 Å². The van der Waals surface area contributed by atoms with E-state index in [1.807, 2.05) is 23.6 Å². The number of fused-ring (bicyclic) bond motifs is 2. The van der Waals surface area contributed by atoms with E-state index >= 15 is 0 Å². The Kier molecular flexibility index (Phi) is 3.94. The fourth-order valence-corrected chi connectivity index (χ4v) is 3.62. The number of benzene rings is 1. The summed E-state index contributed by atoms with van der Waals surface area (Å²) < 4.78 is 25.9. The molecule has 7 nitrogen and oxygen atoms in total. The number of ether oxygens (including phenoxy) is 2. The molecule has 0 fully saturated rings. The molecule has 0 spiro atoms. The molecule has 0 saturated heterocycles. The van der Waals surface area contributed by atoms with Crippen molar-refractivity contribution >= 4 is 28.0 Å².